The number of aromatic nitrogens is 3. The molecular formula is C18H24N4O3. The van der Waals surface area contributed by atoms with Gasteiger partial charge < -0.3 is 14.4 Å². The lowest BCUT2D eigenvalue weighted by atomic mass is 10.0. The number of methoxy groups -OCH3 is 2. The molecule has 0 spiro atoms. The maximum absolute atomic E-state index is 13.0. The predicted molar refractivity (Wildman–Crippen MR) is 93.2 cm³/mol. The molecule has 2 aromatic rings. The monoisotopic (exact) mass is 344 g/mol. The normalized spacial score (nSPS) is 17.4. The van der Waals surface area contributed by atoms with Crippen LogP contribution in [-0.4, -0.2) is 52.9 Å². The number of carbonyl (C=O) groups is 1. The lowest BCUT2D eigenvalue weighted by molar-refractivity contribution is 0.0668. The minimum absolute atomic E-state index is 0.0290. The molecule has 0 radical (unpaired) electrons. The number of nitrogens with zero attached hydrogens (tertiary/aromatic N) is 4. The van der Waals surface area contributed by atoms with Crippen molar-refractivity contribution in [2.45, 2.75) is 32.7 Å². The number of ether oxygens (including phenoxy) is 2. The highest BCUT2D eigenvalue weighted by Gasteiger charge is 2.28. The first-order valence-corrected chi connectivity index (χ1v) is 8.44. The average molecular weight is 344 g/mol. The first kappa shape index (κ1) is 17.3. The zero-order valence-electron chi connectivity index (χ0n) is 15.2. The molecule has 1 aliphatic rings. The molecule has 1 saturated heterocycles. The number of likely N-dealkylation sites (tertiary alicyclic amines) is 1. The molecule has 0 saturated carbocycles. The van der Waals surface area contributed by atoms with Gasteiger partial charge in [0.05, 0.1) is 25.8 Å². The van der Waals surface area contributed by atoms with Gasteiger partial charge in [-0.05, 0) is 38.8 Å². The summed E-state index contributed by atoms with van der Waals surface area (Å²) in [5, 5.41) is 4.48. The number of amides is 1. The van der Waals surface area contributed by atoms with Crippen LogP contribution in [0.3, 0.4) is 0 Å². The molecule has 1 aromatic heterocycles. The van der Waals surface area contributed by atoms with Crippen LogP contribution in [0.1, 0.15) is 40.9 Å². The van der Waals surface area contributed by atoms with Gasteiger partial charge in [-0.1, -0.05) is 0 Å². The van der Waals surface area contributed by atoms with E-state index in [9.17, 15) is 4.79 Å². The van der Waals surface area contributed by atoms with E-state index in [0.29, 0.717) is 23.6 Å². The third-order valence-corrected chi connectivity index (χ3v) is 4.58. The summed E-state index contributed by atoms with van der Waals surface area (Å²) >= 11 is 0. The van der Waals surface area contributed by atoms with Gasteiger partial charge in [-0.2, -0.15) is 5.10 Å². The van der Waals surface area contributed by atoms with Crippen LogP contribution in [0.25, 0.3) is 0 Å². The van der Waals surface area contributed by atoms with Crippen LogP contribution in [0.4, 0.5) is 0 Å². The van der Waals surface area contributed by atoms with E-state index < -0.39 is 0 Å². The lowest BCUT2D eigenvalue weighted by Gasteiger charge is -2.33. The van der Waals surface area contributed by atoms with E-state index in [1.807, 2.05) is 23.4 Å². The van der Waals surface area contributed by atoms with Gasteiger partial charge in [-0.15, -0.1) is 0 Å². The number of rotatable bonds is 4. The molecule has 7 heteroatoms. The second-order valence-electron chi connectivity index (χ2n) is 6.26. The smallest absolute Gasteiger partial charge is 0.257 e. The van der Waals surface area contributed by atoms with Gasteiger partial charge in [0.15, 0.2) is 0 Å². The van der Waals surface area contributed by atoms with Gasteiger partial charge in [0.25, 0.3) is 5.91 Å². The number of aryl methyl sites for hydroxylation is 2. The van der Waals surface area contributed by atoms with E-state index in [-0.39, 0.29) is 11.9 Å². The zero-order chi connectivity index (χ0) is 18.0. The summed E-state index contributed by atoms with van der Waals surface area (Å²) in [6, 6.07) is 5.43. The van der Waals surface area contributed by atoms with Gasteiger partial charge in [-0.3, -0.25) is 4.79 Å². The summed E-state index contributed by atoms with van der Waals surface area (Å²) in [4.78, 5) is 19.3. The summed E-state index contributed by atoms with van der Waals surface area (Å²) in [6.07, 6.45) is 1.93. The third kappa shape index (κ3) is 3.45. The maximum Gasteiger partial charge on any atom is 0.257 e. The fourth-order valence-corrected chi connectivity index (χ4v) is 3.37. The van der Waals surface area contributed by atoms with E-state index in [1.54, 1.807) is 32.4 Å². The molecule has 1 aliphatic heterocycles. The summed E-state index contributed by atoms with van der Waals surface area (Å²) < 4.78 is 12.5. The summed E-state index contributed by atoms with van der Waals surface area (Å²) in [6.45, 7) is 5.19. The number of hydrogen-bond acceptors (Lipinski definition) is 5. The highest BCUT2D eigenvalue weighted by Crippen LogP contribution is 2.28. The Hall–Kier alpha value is -2.57. The molecule has 0 N–H and O–H groups in total. The molecule has 25 heavy (non-hydrogen) atoms. The molecular weight excluding hydrogens is 320 g/mol. The first-order valence-electron chi connectivity index (χ1n) is 8.44. The van der Waals surface area contributed by atoms with Gasteiger partial charge in [-0.25, -0.2) is 9.67 Å². The SMILES string of the molecule is COc1ccc(C(=O)N2CCC[C@@H](n3nc(C)nc3C)C2)c(OC)c1. The minimum Gasteiger partial charge on any atom is -0.497 e. The van der Waals surface area contributed by atoms with E-state index in [4.69, 9.17) is 9.47 Å². The second kappa shape index (κ2) is 7.13. The molecule has 1 aromatic carbocycles. The van der Waals surface area contributed by atoms with Crippen LogP contribution in [0, 0.1) is 13.8 Å². The van der Waals surface area contributed by atoms with Crippen molar-refractivity contribution in [2.24, 2.45) is 0 Å². The summed E-state index contributed by atoms with van der Waals surface area (Å²) in [7, 11) is 3.15. The summed E-state index contributed by atoms with van der Waals surface area (Å²) in [5.74, 6) is 2.81. The largest absolute Gasteiger partial charge is 0.497 e. The van der Waals surface area contributed by atoms with Gasteiger partial charge >= 0.3 is 0 Å². The van der Waals surface area contributed by atoms with Crippen molar-refractivity contribution in [3.63, 3.8) is 0 Å². The van der Waals surface area contributed by atoms with Crippen LogP contribution in [0.15, 0.2) is 18.2 Å². The molecule has 0 aliphatic carbocycles. The average Bonchev–Trinajstić information content (AvgIpc) is 2.98. The van der Waals surface area contributed by atoms with Crippen molar-refractivity contribution in [2.75, 3.05) is 27.3 Å². The number of hydrogen-bond donors (Lipinski definition) is 0. The standard InChI is InChI=1S/C18H24N4O3/c1-12-19-13(2)22(20-12)14-6-5-9-21(11-14)18(23)16-8-7-15(24-3)10-17(16)25-4/h7-8,10,14H,5-6,9,11H2,1-4H3/t14-/m1/s1. The zero-order valence-corrected chi connectivity index (χ0v) is 15.2. The molecule has 0 bridgehead atoms. The highest BCUT2D eigenvalue weighted by atomic mass is 16.5. The fraction of sp³-hybridized carbons (Fsp3) is 0.500. The van der Waals surface area contributed by atoms with E-state index in [2.05, 4.69) is 10.1 Å². The number of piperidine rings is 1. The molecule has 134 valence electrons. The fourth-order valence-electron chi connectivity index (χ4n) is 3.37. The summed E-state index contributed by atoms with van der Waals surface area (Å²) in [5.41, 5.74) is 0.551. The van der Waals surface area contributed by atoms with Crippen molar-refractivity contribution in [3.05, 3.63) is 35.4 Å². The molecule has 7 nitrogen and oxygen atoms in total. The Morgan fingerprint density at radius 3 is 2.68 bits per heavy atom. The van der Waals surface area contributed by atoms with Crippen LogP contribution in [0.2, 0.25) is 0 Å². The second-order valence-corrected chi connectivity index (χ2v) is 6.26. The predicted octanol–water partition coefficient (Wildman–Crippen LogP) is 2.39. The Bertz CT molecular complexity index is 772. The number of carbonyl (C=O) groups excluding carboxylic acids is 1. The van der Waals surface area contributed by atoms with Gasteiger partial charge in [0.2, 0.25) is 0 Å². The third-order valence-electron chi connectivity index (χ3n) is 4.58. The van der Waals surface area contributed by atoms with Crippen LogP contribution in [-0.2, 0) is 0 Å². The first-order chi connectivity index (χ1) is 12.0. The van der Waals surface area contributed by atoms with Crippen LogP contribution < -0.4 is 9.47 Å². The Morgan fingerprint density at radius 1 is 1.24 bits per heavy atom. The van der Waals surface area contributed by atoms with Crippen LogP contribution >= 0.6 is 0 Å². The minimum atomic E-state index is -0.0290. The van der Waals surface area contributed by atoms with E-state index in [0.717, 1.165) is 31.0 Å². The molecule has 3 rings (SSSR count). The quantitative estimate of drug-likeness (QED) is 0.852. The van der Waals surface area contributed by atoms with Gasteiger partial charge in [0, 0.05) is 19.2 Å². The van der Waals surface area contributed by atoms with Crippen LogP contribution in [0.5, 0.6) is 11.5 Å². The topological polar surface area (TPSA) is 69.5 Å². The lowest BCUT2D eigenvalue weighted by Crippen LogP contribution is -2.41. The van der Waals surface area contributed by atoms with Crippen molar-refractivity contribution < 1.29 is 14.3 Å². The van der Waals surface area contributed by atoms with Crippen molar-refractivity contribution in [3.8, 4) is 11.5 Å². The molecule has 1 amide bonds. The Kier molecular flexibility index (Phi) is 4.92. The van der Waals surface area contributed by atoms with Crippen molar-refractivity contribution in [1.29, 1.82) is 0 Å². The Labute approximate surface area is 147 Å². The Morgan fingerprint density at radius 2 is 2.04 bits per heavy atom. The van der Waals surface area contributed by atoms with E-state index in [1.165, 1.54) is 0 Å². The highest BCUT2D eigenvalue weighted by molar-refractivity contribution is 5.97. The number of benzene rings is 1. The molecule has 2 heterocycles. The van der Waals surface area contributed by atoms with Crippen molar-refractivity contribution >= 4 is 5.91 Å². The maximum atomic E-state index is 13.0. The molecule has 1 fully saturated rings. The van der Waals surface area contributed by atoms with Crippen molar-refractivity contribution in [1.82, 2.24) is 19.7 Å². The van der Waals surface area contributed by atoms with Gasteiger partial charge in [0.1, 0.15) is 23.1 Å². The van der Waals surface area contributed by atoms with E-state index >= 15 is 0 Å². The Balaban J connectivity index is 1.81. The molecule has 0 unspecified atom stereocenters. The molecule has 1 atom stereocenters.